The first kappa shape index (κ1) is 16.7. The second kappa shape index (κ2) is 6.52. The molecule has 0 N–H and O–H groups in total. The van der Waals surface area contributed by atoms with Crippen molar-refractivity contribution in [2.75, 3.05) is 13.1 Å². The molecule has 1 fully saturated rings. The molecular weight excluding hydrogens is 326 g/mol. The molecule has 4 rings (SSSR count). The first-order chi connectivity index (χ1) is 12.5. The summed E-state index contributed by atoms with van der Waals surface area (Å²) in [6.45, 7) is 7.41. The van der Waals surface area contributed by atoms with Crippen molar-refractivity contribution in [3.63, 3.8) is 0 Å². The topological polar surface area (TPSA) is 63.9 Å². The van der Waals surface area contributed by atoms with E-state index in [0.717, 1.165) is 47.6 Å². The fourth-order valence-corrected chi connectivity index (χ4v) is 3.69. The van der Waals surface area contributed by atoms with Gasteiger partial charge in [0.1, 0.15) is 5.82 Å². The van der Waals surface area contributed by atoms with Crippen LogP contribution in [-0.2, 0) is 0 Å². The Morgan fingerprint density at radius 2 is 1.88 bits per heavy atom. The number of benzene rings is 1. The molecule has 1 aliphatic heterocycles. The van der Waals surface area contributed by atoms with Crippen molar-refractivity contribution in [1.29, 1.82) is 0 Å². The van der Waals surface area contributed by atoms with Crippen molar-refractivity contribution in [2.24, 2.45) is 0 Å². The molecule has 0 saturated carbocycles. The maximum Gasteiger partial charge on any atom is 0.254 e. The van der Waals surface area contributed by atoms with Crippen molar-refractivity contribution in [1.82, 2.24) is 24.4 Å². The van der Waals surface area contributed by atoms with Crippen LogP contribution in [-0.4, -0.2) is 43.4 Å². The van der Waals surface area contributed by atoms with Crippen LogP contribution in [0.1, 0.15) is 46.5 Å². The van der Waals surface area contributed by atoms with E-state index in [0.29, 0.717) is 18.2 Å². The van der Waals surface area contributed by atoms with Crippen LogP contribution in [0.25, 0.3) is 11.0 Å². The van der Waals surface area contributed by atoms with Gasteiger partial charge in [0.2, 0.25) is 0 Å². The maximum atomic E-state index is 13.0. The average Bonchev–Trinajstić information content (AvgIpc) is 3.08. The minimum atomic E-state index is 0.0643. The van der Waals surface area contributed by atoms with E-state index < -0.39 is 0 Å². The van der Waals surface area contributed by atoms with Gasteiger partial charge in [-0.15, -0.1) is 0 Å². The summed E-state index contributed by atoms with van der Waals surface area (Å²) in [7, 11) is 0. The molecule has 1 saturated heterocycles. The molecule has 6 heteroatoms. The second-order valence-corrected chi connectivity index (χ2v) is 7.03. The molecule has 0 radical (unpaired) electrons. The number of carbonyl (C=O) groups is 1. The summed E-state index contributed by atoms with van der Waals surface area (Å²) in [6.07, 6.45) is 5.90. The summed E-state index contributed by atoms with van der Waals surface area (Å²) >= 11 is 0. The van der Waals surface area contributed by atoms with Crippen LogP contribution >= 0.6 is 0 Å². The number of hydrogen-bond acceptors (Lipinski definition) is 4. The van der Waals surface area contributed by atoms with Crippen LogP contribution in [0.5, 0.6) is 0 Å². The SMILES string of the molecule is Cc1nc2ccc(C(=O)N3CCC[C@H](n4ccnc4C)C3)cc2nc1C. The van der Waals surface area contributed by atoms with E-state index in [-0.39, 0.29) is 5.91 Å². The maximum absolute atomic E-state index is 13.0. The Balaban J connectivity index is 1.59. The van der Waals surface area contributed by atoms with E-state index >= 15 is 0 Å². The number of carbonyl (C=O) groups excluding carboxylic acids is 1. The number of nitrogens with zero attached hydrogens (tertiary/aromatic N) is 5. The van der Waals surface area contributed by atoms with E-state index in [2.05, 4.69) is 19.5 Å². The molecule has 134 valence electrons. The van der Waals surface area contributed by atoms with E-state index in [1.165, 1.54) is 0 Å². The number of aromatic nitrogens is 4. The molecule has 3 heterocycles. The monoisotopic (exact) mass is 349 g/mol. The summed E-state index contributed by atoms with van der Waals surface area (Å²) in [5.74, 6) is 1.06. The van der Waals surface area contributed by atoms with Gasteiger partial charge in [0.15, 0.2) is 0 Å². The lowest BCUT2D eigenvalue weighted by Gasteiger charge is -2.34. The Morgan fingerprint density at radius 1 is 1.12 bits per heavy atom. The molecular formula is C20H23N5O. The van der Waals surface area contributed by atoms with Gasteiger partial charge in [-0.2, -0.15) is 0 Å². The summed E-state index contributed by atoms with van der Waals surface area (Å²) in [5, 5.41) is 0. The quantitative estimate of drug-likeness (QED) is 0.712. The van der Waals surface area contributed by atoms with Crippen LogP contribution in [0, 0.1) is 20.8 Å². The van der Waals surface area contributed by atoms with Gasteiger partial charge in [-0.3, -0.25) is 4.79 Å². The lowest BCUT2D eigenvalue weighted by Crippen LogP contribution is -2.40. The van der Waals surface area contributed by atoms with Crippen LogP contribution in [0.4, 0.5) is 0 Å². The normalized spacial score (nSPS) is 17.7. The van der Waals surface area contributed by atoms with Gasteiger partial charge in [-0.25, -0.2) is 15.0 Å². The third-order valence-electron chi connectivity index (χ3n) is 5.26. The molecule has 3 aromatic rings. The van der Waals surface area contributed by atoms with E-state index in [1.807, 2.05) is 56.3 Å². The van der Waals surface area contributed by atoms with Crippen molar-refractivity contribution in [3.8, 4) is 0 Å². The first-order valence-corrected chi connectivity index (χ1v) is 9.06. The number of fused-ring (bicyclic) bond motifs is 1. The van der Waals surface area contributed by atoms with Gasteiger partial charge >= 0.3 is 0 Å². The average molecular weight is 349 g/mol. The highest BCUT2D eigenvalue weighted by atomic mass is 16.2. The molecule has 26 heavy (non-hydrogen) atoms. The van der Waals surface area contributed by atoms with Crippen molar-refractivity contribution >= 4 is 16.9 Å². The predicted octanol–water partition coefficient (Wildman–Crippen LogP) is 3.23. The molecule has 0 spiro atoms. The third-order valence-corrected chi connectivity index (χ3v) is 5.26. The van der Waals surface area contributed by atoms with E-state index in [9.17, 15) is 4.79 Å². The van der Waals surface area contributed by atoms with Gasteiger partial charge < -0.3 is 9.47 Å². The number of amides is 1. The van der Waals surface area contributed by atoms with E-state index in [1.54, 1.807) is 0 Å². The number of aryl methyl sites for hydroxylation is 3. The highest BCUT2D eigenvalue weighted by Gasteiger charge is 2.26. The Morgan fingerprint density at radius 3 is 2.62 bits per heavy atom. The molecule has 0 bridgehead atoms. The zero-order chi connectivity index (χ0) is 18.3. The molecule has 1 aromatic carbocycles. The fraction of sp³-hybridized carbons (Fsp3) is 0.400. The molecule has 1 amide bonds. The third kappa shape index (κ3) is 2.96. The van der Waals surface area contributed by atoms with Crippen molar-refractivity contribution in [2.45, 2.75) is 39.7 Å². The van der Waals surface area contributed by atoms with Crippen molar-refractivity contribution < 1.29 is 4.79 Å². The Labute approximate surface area is 152 Å². The number of imidazole rings is 1. The summed E-state index contributed by atoms with van der Waals surface area (Å²) in [6, 6.07) is 5.91. The molecule has 1 aliphatic rings. The Kier molecular flexibility index (Phi) is 4.18. The molecule has 0 aliphatic carbocycles. The minimum absolute atomic E-state index is 0.0643. The van der Waals surface area contributed by atoms with Crippen LogP contribution < -0.4 is 0 Å². The van der Waals surface area contributed by atoms with Gasteiger partial charge in [0, 0.05) is 31.0 Å². The minimum Gasteiger partial charge on any atom is -0.337 e. The van der Waals surface area contributed by atoms with Gasteiger partial charge in [0.05, 0.1) is 28.5 Å². The van der Waals surface area contributed by atoms with Crippen molar-refractivity contribution in [3.05, 3.63) is 53.4 Å². The number of piperidine rings is 1. The Hall–Kier alpha value is -2.76. The fourth-order valence-electron chi connectivity index (χ4n) is 3.69. The standard InChI is InChI=1S/C20H23N5O/c1-13-14(2)23-19-11-16(6-7-18(19)22-13)20(26)24-9-4-5-17(12-24)25-10-8-21-15(25)3/h6-8,10-11,17H,4-5,9,12H2,1-3H3/t17-/m0/s1. The number of likely N-dealkylation sites (tertiary alicyclic amines) is 1. The lowest BCUT2D eigenvalue weighted by molar-refractivity contribution is 0.0678. The largest absolute Gasteiger partial charge is 0.337 e. The molecule has 1 atom stereocenters. The highest BCUT2D eigenvalue weighted by Crippen LogP contribution is 2.24. The van der Waals surface area contributed by atoms with Crippen LogP contribution in [0.2, 0.25) is 0 Å². The van der Waals surface area contributed by atoms with E-state index in [4.69, 9.17) is 0 Å². The Bertz CT molecular complexity index is 977. The van der Waals surface area contributed by atoms with Crippen LogP contribution in [0.15, 0.2) is 30.6 Å². The zero-order valence-corrected chi connectivity index (χ0v) is 15.4. The molecule has 0 unspecified atom stereocenters. The highest BCUT2D eigenvalue weighted by molar-refractivity contribution is 5.97. The zero-order valence-electron chi connectivity index (χ0n) is 15.4. The van der Waals surface area contributed by atoms with Gasteiger partial charge in [0.25, 0.3) is 5.91 Å². The molecule has 6 nitrogen and oxygen atoms in total. The van der Waals surface area contributed by atoms with Crippen LogP contribution in [0.3, 0.4) is 0 Å². The van der Waals surface area contributed by atoms with Gasteiger partial charge in [-0.05, 0) is 51.8 Å². The molecule has 2 aromatic heterocycles. The first-order valence-electron chi connectivity index (χ1n) is 9.06. The summed E-state index contributed by atoms with van der Waals surface area (Å²) in [4.78, 5) is 28.4. The summed E-state index contributed by atoms with van der Waals surface area (Å²) in [5.41, 5.74) is 4.10. The number of hydrogen-bond donors (Lipinski definition) is 0. The summed E-state index contributed by atoms with van der Waals surface area (Å²) < 4.78 is 2.18. The lowest BCUT2D eigenvalue weighted by atomic mass is 10.0. The number of rotatable bonds is 2. The second-order valence-electron chi connectivity index (χ2n) is 7.03. The predicted molar refractivity (Wildman–Crippen MR) is 100 cm³/mol. The van der Waals surface area contributed by atoms with Gasteiger partial charge in [-0.1, -0.05) is 0 Å². The smallest absolute Gasteiger partial charge is 0.254 e.